The van der Waals surface area contributed by atoms with Gasteiger partial charge in [0.1, 0.15) is 0 Å². The SMILES string of the molecule is CCCOCCCNC(=O)C1(C(N)=S)CCCC1. The number of nitrogens with one attached hydrogen (secondary N) is 1. The quantitative estimate of drug-likeness (QED) is 0.522. The standard InChI is InChI=1S/C13H24N2O2S/c1-2-9-17-10-5-8-15-12(16)13(11(14)18)6-3-4-7-13/h2-10H2,1H3,(H2,14,18)(H,15,16). The molecule has 5 heteroatoms. The summed E-state index contributed by atoms with van der Waals surface area (Å²) in [6.07, 6.45) is 5.51. The lowest BCUT2D eigenvalue weighted by molar-refractivity contribution is -0.127. The van der Waals surface area contributed by atoms with Gasteiger partial charge in [-0.1, -0.05) is 32.0 Å². The molecule has 1 rings (SSSR count). The Hall–Kier alpha value is -0.680. The smallest absolute Gasteiger partial charge is 0.233 e. The minimum absolute atomic E-state index is 0.00277. The second kappa shape index (κ2) is 7.69. The molecule has 1 amide bonds. The average Bonchev–Trinajstić information content (AvgIpc) is 2.84. The fourth-order valence-corrected chi connectivity index (χ4v) is 2.65. The highest BCUT2D eigenvalue weighted by Gasteiger charge is 2.43. The van der Waals surface area contributed by atoms with Crippen LogP contribution < -0.4 is 11.1 Å². The molecule has 0 heterocycles. The second-order valence-electron chi connectivity index (χ2n) is 4.88. The molecule has 0 aliphatic heterocycles. The highest BCUT2D eigenvalue weighted by molar-refractivity contribution is 7.80. The second-order valence-corrected chi connectivity index (χ2v) is 5.32. The number of carbonyl (C=O) groups excluding carboxylic acids is 1. The van der Waals surface area contributed by atoms with Crippen LogP contribution in [0.2, 0.25) is 0 Å². The summed E-state index contributed by atoms with van der Waals surface area (Å²) in [6, 6.07) is 0. The molecule has 1 aliphatic rings. The lowest BCUT2D eigenvalue weighted by atomic mass is 9.85. The normalized spacial score (nSPS) is 17.6. The van der Waals surface area contributed by atoms with Crippen molar-refractivity contribution in [3.8, 4) is 0 Å². The summed E-state index contributed by atoms with van der Waals surface area (Å²) in [5.41, 5.74) is 5.17. The molecule has 0 aromatic heterocycles. The number of ether oxygens (including phenoxy) is 1. The molecule has 0 unspecified atom stereocenters. The molecule has 0 bridgehead atoms. The Kier molecular flexibility index (Phi) is 6.57. The van der Waals surface area contributed by atoms with Crippen LogP contribution in [-0.2, 0) is 9.53 Å². The maximum atomic E-state index is 12.2. The zero-order chi connectivity index (χ0) is 13.4. The first-order valence-corrected chi connectivity index (χ1v) is 7.20. The number of carbonyl (C=O) groups is 1. The molecular formula is C13H24N2O2S. The molecular weight excluding hydrogens is 248 g/mol. The van der Waals surface area contributed by atoms with Gasteiger partial charge in [0.2, 0.25) is 5.91 Å². The van der Waals surface area contributed by atoms with E-state index in [1.807, 2.05) is 0 Å². The number of amides is 1. The van der Waals surface area contributed by atoms with E-state index >= 15 is 0 Å². The van der Waals surface area contributed by atoms with E-state index in [4.69, 9.17) is 22.7 Å². The summed E-state index contributed by atoms with van der Waals surface area (Å²) in [4.78, 5) is 12.5. The zero-order valence-corrected chi connectivity index (χ0v) is 12.0. The van der Waals surface area contributed by atoms with Gasteiger partial charge in [0, 0.05) is 19.8 Å². The summed E-state index contributed by atoms with van der Waals surface area (Å²) >= 11 is 5.07. The predicted octanol–water partition coefficient (Wildman–Crippen LogP) is 1.77. The third-order valence-electron chi connectivity index (χ3n) is 3.46. The molecule has 18 heavy (non-hydrogen) atoms. The van der Waals surface area contributed by atoms with Crippen LogP contribution in [0.5, 0.6) is 0 Å². The first-order valence-electron chi connectivity index (χ1n) is 6.79. The van der Waals surface area contributed by atoms with Crippen LogP contribution in [0.15, 0.2) is 0 Å². The Labute approximate surface area is 115 Å². The Bertz CT molecular complexity index is 289. The van der Waals surface area contributed by atoms with E-state index in [-0.39, 0.29) is 5.91 Å². The molecule has 0 radical (unpaired) electrons. The number of nitrogens with two attached hydrogens (primary N) is 1. The Morgan fingerprint density at radius 1 is 1.39 bits per heavy atom. The predicted molar refractivity (Wildman–Crippen MR) is 76.4 cm³/mol. The van der Waals surface area contributed by atoms with Crippen LogP contribution in [0.3, 0.4) is 0 Å². The summed E-state index contributed by atoms with van der Waals surface area (Å²) in [7, 11) is 0. The average molecular weight is 272 g/mol. The number of hydrogen-bond donors (Lipinski definition) is 2. The van der Waals surface area contributed by atoms with Crippen LogP contribution in [-0.4, -0.2) is 30.7 Å². The molecule has 104 valence electrons. The van der Waals surface area contributed by atoms with Crippen molar-refractivity contribution in [2.24, 2.45) is 11.1 Å². The topological polar surface area (TPSA) is 64.3 Å². The van der Waals surface area contributed by atoms with Crippen molar-refractivity contribution in [1.82, 2.24) is 5.32 Å². The third kappa shape index (κ3) is 3.92. The van der Waals surface area contributed by atoms with Crippen molar-refractivity contribution in [1.29, 1.82) is 0 Å². The summed E-state index contributed by atoms with van der Waals surface area (Å²) in [5, 5.41) is 2.94. The molecule has 1 fully saturated rings. The van der Waals surface area contributed by atoms with Crippen molar-refractivity contribution in [2.75, 3.05) is 19.8 Å². The van der Waals surface area contributed by atoms with E-state index in [0.717, 1.165) is 45.1 Å². The number of hydrogen-bond acceptors (Lipinski definition) is 3. The van der Waals surface area contributed by atoms with E-state index in [1.165, 1.54) is 0 Å². The summed E-state index contributed by atoms with van der Waals surface area (Å²) < 4.78 is 5.36. The Morgan fingerprint density at radius 2 is 2.06 bits per heavy atom. The largest absolute Gasteiger partial charge is 0.392 e. The van der Waals surface area contributed by atoms with E-state index < -0.39 is 5.41 Å². The molecule has 0 aromatic rings. The molecule has 0 aromatic carbocycles. The van der Waals surface area contributed by atoms with E-state index in [9.17, 15) is 4.79 Å². The van der Waals surface area contributed by atoms with Gasteiger partial charge in [0.25, 0.3) is 0 Å². The van der Waals surface area contributed by atoms with Gasteiger partial charge in [0.15, 0.2) is 0 Å². The van der Waals surface area contributed by atoms with Crippen molar-refractivity contribution in [3.05, 3.63) is 0 Å². The Balaban J connectivity index is 2.28. The lowest BCUT2D eigenvalue weighted by Gasteiger charge is -2.26. The van der Waals surface area contributed by atoms with Crippen LogP contribution in [0.25, 0.3) is 0 Å². The maximum Gasteiger partial charge on any atom is 0.233 e. The monoisotopic (exact) mass is 272 g/mol. The van der Waals surface area contributed by atoms with E-state index in [2.05, 4.69) is 12.2 Å². The van der Waals surface area contributed by atoms with Crippen molar-refractivity contribution in [3.63, 3.8) is 0 Å². The minimum atomic E-state index is -0.584. The summed E-state index contributed by atoms with van der Waals surface area (Å²) in [5.74, 6) is 0.00277. The summed E-state index contributed by atoms with van der Waals surface area (Å²) in [6.45, 7) is 4.18. The first kappa shape index (κ1) is 15.4. The van der Waals surface area contributed by atoms with Crippen LogP contribution in [0.4, 0.5) is 0 Å². The maximum absolute atomic E-state index is 12.2. The minimum Gasteiger partial charge on any atom is -0.392 e. The van der Waals surface area contributed by atoms with Crippen molar-refractivity contribution in [2.45, 2.75) is 45.4 Å². The molecule has 1 saturated carbocycles. The first-order chi connectivity index (χ1) is 8.63. The van der Waals surface area contributed by atoms with E-state index in [0.29, 0.717) is 18.1 Å². The number of thiocarbonyl (C=S) groups is 1. The van der Waals surface area contributed by atoms with Crippen molar-refractivity contribution < 1.29 is 9.53 Å². The van der Waals surface area contributed by atoms with Crippen molar-refractivity contribution >= 4 is 23.1 Å². The molecule has 4 nitrogen and oxygen atoms in total. The molecule has 0 atom stereocenters. The van der Waals surface area contributed by atoms with Gasteiger partial charge in [0.05, 0.1) is 10.4 Å². The molecule has 1 aliphatic carbocycles. The van der Waals surface area contributed by atoms with Gasteiger partial charge in [-0.3, -0.25) is 4.79 Å². The van der Waals surface area contributed by atoms with E-state index in [1.54, 1.807) is 0 Å². The van der Waals surface area contributed by atoms with Crippen LogP contribution in [0.1, 0.15) is 45.4 Å². The fraction of sp³-hybridized carbons (Fsp3) is 0.846. The Morgan fingerprint density at radius 3 is 2.61 bits per heavy atom. The number of rotatable bonds is 8. The highest BCUT2D eigenvalue weighted by atomic mass is 32.1. The highest BCUT2D eigenvalue weighted by Crippen LogP contribution is 2.38. The lowest BCUT2D eigenvalue weighted by Crippen LogP contribution is -2.47. The van der Waals surface area contributed by atoms with Crippen LogP contribution in [0, 0.1) is 5.41 Å². The van der Waals surface area contributed by atoms with Gasteiger partial charge >= 0.3 is 0 Å². The van der Waals surface area contributed by atoms with Gasteiger partial charge in [-0.15, -0.1) is 0 Å². The van der Waals surface area contributed by atoms with Gasteiger partial charge in [-0.2, -0.15) is 0 Å². The molecule has 0 saturated heterocycles. The van der Waals surface area contributed by atoms with Crippen LogP contribution >= 0.6 is 12.2 Å². The third-order valence-corrected chi connectivity index (χ3v) is 3.85. The molecule has 3 N–H and O–H groups in total. The van der Waals surface area contributed by atoms with Gasteiger partial charge in [-0.25, -0.2) is 0 Å². The van der Waals surface area contributed by atoms with Gasteiger partial charge < -0.3 is 15.8 Å². The fourth-order valence-electron chi connectivity index (χ4n) is 2.36. The zero-order valence-electron chi connectivity index (χ0n) is 11.2. The van der Waals surface area contributed by atoms with Gasteiger partial charge in [-0.05, 0) is 25.7 Å². The molecule has 0 spiro atoms.